The fourth-order valence-corrected chi connectivity index (χ4v) is 3.02. The van der Waals surface area contributed by atoms with Gasteiger partial charge in [-0.2, -0.15) is 0 Å². The number of hydrogen-bond acceptors (Lipinski definition) is 6. The van der Waals surface area contributed by atoms with E-state index in [-0.39, 0.29) is 22.3 Å². The van der Waals surface area contributed by atoms with Gasteiger partial charge in [0.25, 0.3) is 0 Å². The fraction of sp³-hybridized carbons (Fsp3) is 0. The van der Waals surface area contributed by atoms with E-state index in [2.05, 4.69) is 0 Å². The number of phenols is 3. The molecule has 3 N–H and O–H groups in total. The summed E-state index contributed by atoms with van der Waals surface area (Å²) in [6, 6.07) is 17.2. The predicted octanol–water partition coefficient (Wildman–Crippen LogP) is 3.81. The van der Waals surface area contributed by atoms with Crippen LogP contribution in [0.15, 0.2) is 75.9 Å². The Kier molecular flexibility index (Phi) is 4.08. The lowest BCUT2D eigenvalue weighted by molar-refractivity contribution is 0.103. The monoisotopic (exact) mass is 374 g/mol. The summed E-state index contributed by atoms with van der Waals surface area (Å²) in [5, 5.41) is 29.2. The van der Waals surface area contributed by atoms with Gasteiger partial charge in [0.1, 0.15) is 16.9 Å². The Morgan fingerprint density at radius 1 is 0.821 bits per heavy atom. The molecule has 6 nitrogen and oxygen atoms in total. The van der Waals surface area contributed by atoms with E-state index in [4.69, 9.17) is 4.42 Å². The van der Waals surface area contributed by atoms with Crippen LogP contribution in [0.25, 0.3) is 22.3 Å². The number of carbonyl (C=O) groups excluding carboxylic acids is 1. The summed E-state index contributed by atoms with van der Waals surface area (Å²) >= 11 is 0. The van der Waals surface area contributed by atoms with Crippen molar-refractivity contribution in [1.29, 1.82) is 0 Å². The van der Waals surface area contributed by atoms with E-state index in [0.29, 0.717) is 11.1 Å². The van der Waals surface area contributed by atoms with Crippen LogP contribution in [-0.2, 0) is 0 Å². The van der Waals surface area contributed by atoms with Crippen LogP contribution < -0.4 is 5.43 Å². The first kappa shape index (κ1) is 17.4. The molecule has 28 heavy (non-hydrogen) atoms. The fourth-order valence-electron chi connectivity index (χ4n) is 3.02. The summed E-state index contributed by atoms with van der Waals surface area (Å²) in [5.41, 5.74) is -0.0556. The van der Waals surface area contributed by atoms with Crippen LogP contribution in [0.1, 0.15) is 15.9 Å². The molecular formula is C22H14O6. The molecule has 0 spiro atoms. The number of aromatic hydroxyl groups is 3. The smallest absolute Gasteiger partial charge is 0.204 e. The van der Waals surface area contributed by atoms with E-state index in [1.54, 1.807) is 54.6 Å². The van der Waals surface area contributed by atoms with Crippen LogP contribution in [0.3, 0.4) is 0 Å². The first-order chi connectivity index (χ1) is 13.5. The maximum Gasteiger partial charge on any atom is 0.204 e. The molecule has 0 unspecified atom stereocenters. The molecular weight excluding hydrogens is 360 g/mol. The van der Waals surface area contributed by atoms with Gasteiger partial charge in [-0.25, -0.2) is 0 Å². The molecule has 0 aliphatic heterocycles. The standard InChI is InChI=1S/C22H14O6/c23-15-10-13(11-16(24)21(15)27)19(25)18-20(26)14-8-4-5-9-17(14)28-22(18)12-6-2-1-3-7-12/h1-11,23-24,27H. The second kappa shape index (κ2) is 6.59. The van der Waals surface area contributed by atoms with Crippen LogP contribution in [0.2, 0.25) is 0 Å². The van der Waals surface area contributed by atoms with E-state index in [1.165, 1.54) is 0 Å². The zero-order valence-corrected chi connectivity index (χ0v) is 14.4. The van der Waals surface area contributed by atoms with Crippen molar-refractivity contribution >= 4 is 16.8 Å². The van der Waals surface area contributed by atoms with E-state index < -0.39 is 28.5 Å². The lowest BCUT2D eigenvalue weighted by Crippen LogP contribution is -2.18. The third-order valence-corrected chi connectivity index (χ3v) is 4.39. The predicted molar refractivity (Wildman–Crippen MR) is 103 cm³/mol. The van der Waals surface area contributed by atoms with Crippen LogP contribution in [-0.4, -0.2) is 21.1 Å². The third-order valence-electron chi connectivity index (χ3n) is 4.39. The van der Waals surface area contributed by atoms with Crippen LogP contribution in [0, 0.1) is 0 Å². The van der Waals surface area contributed by atoms with Crippen LogP contribution in [0.4, 0.5) is 0 Å². The minimum Gasteiger partial charge on any atom is -0.504 e. The number of fused-ring (bicyclic) bond motifs is 1. The highest BCUT2D eigenvalue weighted by atomic mass is 16.3. The van der Waals surface area contributed by atoms with Gasteiger partial charge in [-0.1, -0.05) is 42.5 Å². The molecule has 0 saturated carbocycles. The second-order valence-electron chi connectivity index (χ2n) is 6.19. The maximum atomic E-state index is 13.2. The summed E-state index contributed by atoms with van der Waals surface area (Å²) in [7, 11) is 0. The molecule has 4 aromatic rings. The van der Waals surface area contributed by atoms with Gasteiger partial charge in [0, 0.05) is 11.1 Å². The normalized spacial score (nSPS) is 10.9. The van der Waals surface area contributed by atoms with Gasteiger partial charge in [-0.15, -0.1) is 0 Å². The van der Waals surface area contributed by atoms with Gasteiger partial charge in [-0.05, 0) is 24.3 Å². The Labute approximate surface area is 158 Å². The molecule has 0 atom stereocenters. The molecule has 0 saturated heterocycles. The zero-order valence-electron chi connectivity index (χ0n) is 14.4. The van der Waals surface area contributed by atoms with E-state index in [1.807, 2.05) is 0 Å². The van der Waals surface area contributed by atoms with Gasteiger partial charge in [0.2, 0.25) is 11.2 Å². The van der Waals surface area contributed by atoms with Gasteiger partial charge < -0.3 is 19.7 Å². The minimum absolute atomic E-state index is 0.0846. The Morgan fingerprint density at radius 3 is 2.11 bits per heavy atom. The van der Waals surface area contributed by atoms with Crippen molar-refractivity contribution in [2.45, 2.75) is 0 Å². The minimum atomic E-state index is -0.746. The summed E-state index contributed by atoms with van der Waals surface area (Å²) < 4.78 is 5.89. The Bertz CT molecular complexity index is 1250. The average molecular weight is 374 g/mol. The van der Waals surface area contributed by atoms with Crippen molar-refractivity contribution in [3.05, 3.63) is 88.1 Å². The maximum absolute atomic E-state index is 13.2. The molecule has 0 radical (unpaired) electrons. The summed E-state index contributed by atoms with van der Waals surface area (Å²) in [6.07, 6.45) is 0. The van der Waals surface area contributed by atoms with E-state index in [0.717, 1.165) is 12.1 Å². The largest absolute Gasteiger partial charge is 0.504 e. The van der Waals surface area contributed by atoms with Crippen LogP contribution >= 0.6 is 0 Å². The van der Waals surface area contributed by atoms with Crippen molar-refractivity contribution in [3.63, 3.8) is 0 Å². The molecule has 6 heteroatoms. The van der Waals surface area contributed by atoms with Gasteiger partial charge in [-0.3, -0.25) is 9.59 Å². The molecule has 0 amide bonds. The van der Waals surface area contributed by atoms with Gasteiger partial charge >= 0.3 is 0 Å². The third kappa shape index (κ3) is 2.77. The average Bonchev–Trinajstić information content (AvgIpc) is 2.71. The molecule has 3 aromatic carbocycles. The van der Waals surface area contributed by atoms with Gasteiger partial charge in [0.05, 0.1) is 5.39 Å². The van der Waals surface area contributed by atoms with Crippen molar-refractivity contribution < 1.29 is 24.5 Å². The lowest BCUT2D eigenvalue weighted by Gasteiger charge is -2.10. The molecule has 138 valence electrons. The summed E-state index contributed by atoms with van der Waals surface area (Å²) in [4.78, 5) is 26.3. The number of carbonyl (C=O) groups is 1. The number of benzene rings is 3. The Hall–Kier alpha value is -4.06. The van der Waals surface area contributed by atoms with Gasteiger partial charge in [0.15, 0.2) is 17.2 Å². The molecule has 0 fully saturated rings. The lowest BCUT2D eigenvalue weighted by atomic mass is 9.97. The molecule has 4 rings (SSSR count). The Balaban J connectivity index is 2.04. The van der Waals surface area contributed by atoms with E-state index in [9.17, 15) is 24.9 Å². The Morgan fingerprint density at radius 2 is 1.43 bits per heavy atom. The topological polar surface area (TPSA) is 108 Å². The molecule has 0 bridgehead atoms. The van der Waals surface area contributed by atoms with E-state index >= 15 is 0 Å². The number of rotatable bonds is 3. The zero-order chi connectivity index (χ0) is 19.8. The highest BCUT2D eigenvalue weighted by Crippen LogP contribution is 2.36. The highest BCUT2D eigenvalue weighted by molar-refractivity contribution is 6.13. The molecule has 0 aliphatic rings. The quantitative estimate of drug-likeness (QED) is 0.372. The first-order valence-electron chi connectivity index (χ1n) is 8.38. The van der Waals surface area contributed by atoms with Crippen LogP contribution in [0.5, 0.6) is 17.2 Å². The highest BCUT2D eigenvalue weighted by Gasteiger charge is 2.25. The number of hydrogen-bond donors (Lipinski definition) is 3. The molecule has 1 aromatic heterocycles. The second-order valence-corrected chi connectivity index (χ2v) is 6.19. The molecule has 0 aliphatic carbocycles. The van der Waals surface area contributed by atoms with Crippen molar-refractivity contribution in [2.75, 3.05) is 0 Å². The first-order valence-corrected chi connectivity index (χ1v) is 8.38. The number of ketones is 1. The molecule has 1 heterocycles. The van der Waals surface area contributed by atoms with Crippen molar-refractivity contribution in [3.8, 4) is 28.6 Å². The summed E-state index contributed by atoms with van der Waals surface area (Å²) in [5.74, 6) is -2.75. The number of para-hydroxylation sites is 1. The summed E-state index contributed by atoms with van der Waals surface area (Å²) in [6.45, 7) is 0. The van der Waals surface area contributed by atoms with Crippen molar-refractivity contribution in [1.82, 2.24) is 0 Å². The van der Waals surface area contributed by atoms with Crippen molar-refractivity contribution in [2.24, 2.45) is 0 Å². The SMILES string of the molecule is O=C(c1cc(O)c(O)c(O)c1)c1c(-c2ccccc2)oc2ccccc2c1=O. The number of phenolic OH excluding ortho intramolecular Hbond substituents is 3.